The summed E-state index contributed by atoms with van der Waals surface area (Å²) in [7, 11) is -2.89. The first kappa shape index (κ1) is 17.0. The van der Waals surface area contributed by atoms with Gasteiger partial charge in [0.15, 0.2) is 0 Å². The van der Waals surface area contributed by atoms with Crippen LogP contribution in [0.2, 0.25) is 6.04 Å². The minimum atomic E-state index is -2.89. The van der Waals surface area contributed by atoms with Crippen LogP contribution in [0.5, 0.6) is 0 Å². The van der Waals surface area contributed by atoms with Crippen molar-refractivity contribution in [3.63, 3.8) is 0 Å². The van der Waals surface area contributed by atoms with E-state index < -0.39 is 8.32 Å². The molecule has 0 unspecified atom stereocenters. The molecular formula is C17H19LiOSi. The SMILES string of the molecule is CC(C)=CC[Si]([O-])(c1ccccc1)c1ccccc1.[Li+]. The normalized spacial score (nSPS) is 10.6. The summed E-state index contributed by atoms with van der Waals surface area (Å²) in [5.74, 6) is 0. The van der Waals surface area contributed by atoms with Crippen LogP contribution in [0.25, 0.3) is 0 Å². The molecule has 0 spiro atoms. The fourth-order valence-corrected chi connectivity index (χ4v) is 5.13. The molecule has 98 valence electrons. The number of hydrogen-bond donors (Lipinski definition) is 0. The Morgan fingerprint density at radius 2 is 1.30 bits per heavy atom. The Bertz CT molecular complexity index is 508. The molecular weight excluding hydrogens is 255 g/mol. The van der Waals surface area contributed by atoms with Crippen LogP contribution in [0.3, 0.4) is 0 Å². The van der Waals surface area contributed by atoms with Crippen molar-refractivity contribution in [3.8, 4) is 0 Å². The van der Waals surface area contributed by atoms with Crippen LogP contribution in [0, 0.1) is 0 Å². The predicted octanol–water partition coefficient (Wildman–Crippen LogP) is -0.923. The summed E-state index contributed by atoms with van der Waals surface area (Å²) >= 11 is 0. The molecule has 0 fully saturated rings. The zero-order valence-electron chi connectivity index (χ0n) is 12.5. The Morgan fingerprint density at radius 3 is 1.65 bits per heavy atom. The van der Waals surface area contributed by atoms with Crippen LogP contribution in [-0.2, 0) is 0 Å². The van der Waals surface area contributed by atoms with Gasteiger partial charge in [0, 0.05) is 8.32 Å². The first-order valence-electron chi connectivity index (χ1n) is 6.58. The molecule has 1 nitrogen and oxygen atoms in total. The van der Waals surface area contributed by atoms with E-state index in [0.29, 0.717) is 6.04 Å². The summed E-state index contributed by atoms with van der Waals surface area (Å²) in [6, 6.07) is 20.3. The van der Waals surface area contributed by atoms with Gasteiger partial charge in [-0.15, -0.1) is 0 Å². The Kier molecular flexibility index (Phi) is 6.51. The molecule has 0 radical (unpaired) electrons. The standard InChI is InChI=1S/C17H19OSi.Li/c1-15(2)13-14-19(18,16-9-5-3-6-10-16)17-11-7-4-8-12-17;/h3-13H,14H2,1-2H3;/q-1;+1. The molecule has 20 heavy (non-hydrogen) atoms. The average Bonchev–Trinajstić information content (AvgIpc) is 2.46. The van der Waals surface area contributed by atoms with Gasteiger partial charge in [0.05, 0.1) is 0 Å². The number of benzene rings is 2. The van der Waals surface area contributed by atoms with Crippen LogP contribution >= 0.6 is 0 Å². The molecule has 0 aliphatic heterocycles. The zero-order valence-corrected chi connectivity index (χ0v) is 13.5. The number of hydrogen-bond acceptors (Lipinski definition) is 1. The first-order valence-corrected chi connectivity index (χ1v) is 8.69. The maximum absolute atomic E-state index is 13.5. The second-order valence-corrected chi connectivity index (χ2v) is 8.26. The van der Waals surface area contributed by atoms with E-state index in [-0.39, 0.29) is 18.9 Å². The fraction of sp³-hybridized carbons (Fsp3) is 0.176. The van der Waals surface area contributed by atoms with Gasteiger partial charge in [-0.25, -0.2) is 0 Å². The van der Waals surface area contributed by atoms with E-state index in [9.17, 15) is 4.80 Å². The van der Waals surface area contributed by atoms with Crippen LogP contribution < -0.4 is 34.0 Å². The summed E-state index contributed by atoms with van der Waals surface area (Å²) in [4.78, 5) is 13.5. The van der Waals surface area contributed by atoms with Gasteiger partial charge in [-0.2, -0.15) is 0 Å². The molecule has 2 aromatic carbocycles. The Hall–Kier alpha value is -1.05. The smallest absolute Gasteiger partial charge is 0.851 e. The quantitative estimate of drug-likeness (QED) is 0.522. The van der Waals surface area contributed by atoms with Crippen molar-refractivity contribution in [1.29, 1.82) is 0 Å². The molecule has 0 aromatic heterocycles. The Morgan fingerprint density at radius 1 is 0.900 bits per heavy atom. The van der Waals surface area contributed by atoms with Gasteiger partial charge in [-0.3, -0.25) is 0 Å². The summed E-state index contributed by atoms with van der Waals surface area (Å²) in [5.41, 5.74) is 1.21. The number of allylic oxidation sites excluding steroid dienone is 2. The summed E-state index contributed by atoms with van der Waals surface area (Å²) in [5, 5.41) is 1.91. The van der Waals surface area contributed by atoms with Gasteiger partial charge in [0.2, 0.25) is 0 Å². The maximum Gasteiger partial charge on any atom is 1.00 e. The van der Waals surface area contributed by atoms with Gasteiger partial charge in [-0.1, -0.05) is 82.7 Å². The second kappa shape index (κ2) is 7.66. The third-order valence-corrected chi connectivity index (χ3v) is 6.59. The molecule has 0 bridgehead atoms. The second-order valence-electron chi connectivity index (χ2n) is 5.04. The molecule has 0 saturated heterocycles. The van der Waals surface area contributed by atoms with Gasteiger partial charge >= 0.3 is 18.9 Å². The molecule has 0 amide bonds. The molecule has 3 heteroatoms. The van der Waals surface area contributed by atoms with Crippen molar-refractivity contribution in [1.82, 2.24) is 0 Å². The Balaban J connectivity index is 0.00000200. The molecule has 0 atom stereocenters. The van der Waals surface area contributed by atoms with Crippen LogP contribution in [-0.4, -0.2) is 8.32 Å². The van der Waals surface area contributed by atoms with Crippen molar-refractivity contribution < 1.29 is 23.7 Å². The van der Waals surface area contributed by atoms with Crippen molar-refractivity contribution in [2.75, 3.05) is 0 Å². The maximum atomic E-state index is 13.5. The predicted molar refractivity (Wildman–Crippen MR) is 82.1 cm³/mol. The molecule has 0 aliphatic rings. The van der Waals surface area contributed by atoms with Crippen LogP contribution in [0.1, 0.15) is 13.8 Å². The van der Waals surface area contributed by atoms with Crippen molar-refractivity contribution in [2.24, 2.45) is 0 Å². The van der Waals surface area contributed by atoms with E-state index in [1.54, 1.807) is 0 Å². The van der Waals surface area contributed by atoms with E-state index >= 15 is 0 Å². The summed E-state index contributed by atoms with van der Waals surface area (Å²) in [6.45, 7) is 4.09. The minimum absolute atomic E-state index is 0. The third kappa shape index (κ3) is 3.97. The van der Waals surface area contributed by atoms with Crippen molar-refractivity contribution >= 4 is 18.7 Å². The van der Waals surface area contributed by atoms with E-state index in [2.05, 4.69) is 6.08 Å². The van der Waals surface area contributed by atoms with Gasteiger partial charge in [0.1, 0.15) is 0 Å². The van der Waals surface area contributed by atoms with E-state index in [0.717, 1.165) is 10.4 Å². The Labute approximate surface area is 134 Å². The first-order chi connectivity index (χ1) is 9.13. The van der Waals surface area contributed by atoms with Gasteiger partial charge < -0.3 is 4.80 Å². The topological polar surface area (TPSA) is 23.1 Å². The largest absolute Gasteiger partial charge is 1.00 e. The van der Waals surface area contributed by atoms with Gasteiger partial charge in [0.25, 0.3) is 0 Å². The van der Waals surface area contributed by atoms with E-state index in [1.165, 1.54) is 5.57 Å². The molecule has 2 rings (SSSR count). The molecule has 0 saturated carbocycles. The minimum Gasteiger partial charge on any atom is -0.851 e. The average molecular weight is 274 g/mol. The van der Waals surface area contributed by atoms with E-state index in [4.69, 9.17) is 0 Å². The third-order valence-electron chi connectivity index (χ3n) is 3.28. The number of rotatable bonds is 4. The summed E-state index contributed by atoms with van der Waals surface area (Å²) < 4.78 is 0. The zero-order chi connectivity index (χ0) is 13.7. The monoisotopic (exact) mass is 274 g/mol. The van der Waals surface area contributed by atoms with Gasteiger partial charge in [-0.05, 0) is 19.9 Å². The molecule has 0 N–H and O–H groups in total. The van der Waals surface area contributed by atoms with E-state index in [1.807, 2.05) is 74.5 Å². The van der Waals surface area contributed by atoms with Crippen molar-refractivity contribution in [2.45, 2.75) is 19.9 Å². The van der Waals surface area contributed by atoms with Crippen LogP contribution in [0.4, 0.5) is 0 Å². The van der Waals surface area contributed by atoms with Crippen molar-refractivity contribution in [3.05, 3.63) is 72.3 Å². The fourth-order valence-electron chi connectivity index (χ4n) is 2.16. The summed E-state index contributed by atoms with van der Waals surface area (Å²) in [6.07, 6.45) is 2.08. The molecule has 2 aromatic rings. The van der Waals surface area contributed by atoms with Crippen LogP contribution in [0.15, 0.2) is 72.3 Å². The molecule has 0 aliphatic carbocycles. The molecule has 0 heterocycles.